The standard InChI is InChI=1S/C16H19F2NO4/c17-15(18)23-12-7-3-2-6-11(12)10-13(20)19-16(14(21)22)8-4-1-5-9-16/h2-3,6-7,15H,1,4-5,8-10H2,(H,19,20)(H,21,22). The molecule has 1 aromatic carbocycles. The van der Waals surface area contributed by atoms with Crippen molar-refractivity contribution in [3.63, 3.8) is 0 Å². The van der Waals surface area contributed by atoms with E-state index < -0.39 is 24.0 Å². The molecule has 5 nitrogen and oxygen atoms in total. The molecule has 1 aliphatic rings. The number of carboxylic acid groups (broad SMARTS) is 1. The molecule has 2 N–H and O–H groups in total. The lowest BCUT2D eigenvalue weighted by molar-refractivity contribution is -0.149. The first-order chi connectivity index (χ1) is 10.9. The number of nitrogens with one attached hydrogen (secondary N) is 1. The molecule has 0 spiro atoms. The van der Waals surface area contributed by atoms with Crippen LogP contribution in [0.5, 0.6) is 5.75 Å². The van der Waals surface area contributed by atoms with Crippen LogP contribution in [0.4, 0.5) is 8.78 Å². The van der Waals surface area contributed by atoms with Gasteiger partial charge in [-0.2, -0.15) is 8.78 Å². The van der Waals surface area contributed by atoms with Crippen LogP contribution in [-0.2, 0) is 16.0 Å². The van der Waals surface area contributed by atoms with E-state index in [0.29, 0.717) is 18.4 Å². The number of hydrogen-bond acceptors (Lipinski definition) is 3. The number of halogens is 2. The van der Waals surface area contributed by atoms with Crippen LogP contribution in [0.1, 0.15) is 37.7 Å². The van der Waals surface area contributed by atoms with Crippen molar-refractivity contribution in [2.24, 2.45) is 0 Å². The Morgan fingerprint density at radius 1 is 1.22 bits per heavy atom. The summed E-state index contributed by atoms with van der Waals surface area (Å²) >= 11 is 0. The topological polar surface area (TPSA) is 75.6 Å². The zero-order chi connectivity index (χ0) is 16.9. The highest BCUT2D eigenvalue weighted by atomic mass is 19.3. The number of amides is 1. The Morgan fingerprint density at radius 2 is 1.87 bits per heavy atom. The van der Waals surface area contributed by atoms with E-state index in [-0.39, 0.29) is 12.2 Å². The van der Waals surface area contributed by atoms with Gasteiger partial charge in [-0.3, -0.25) is 4.79 Å². The van der Waals surface area contributed by atoms with Gasteiger partial charge in [0, 0.05) is 5.56 Å². The largest absolute Gasteiger partial charge is 0.480 e. The molecule has 1 aromatic rings. The van der Waals surface area contributed by atoms with E-state index in [2.05, 4.69) is 10.1 Å². The number of aliphatic carboxylic acids is 1. The summed E-state index contributed by atoms with van der Waals surface area (Å²) in [5.74, 6) is -1.65. The molecule has 1 fully saturated rings. The van der Waals surface area contributed by atoms with Gasteiger partial charge >= 0.3 is 12.6 Å². The van der Waals surface area contributed by atoms with Crippen molar-refractivity contribution in [3.05, 3.63) is 29.8 Å². The van der Waals surface area contributed by atoms with Crippen LogP contribution in [0.3, 0.4) is 0 Å². The number of benzene rings is 1. The smallest absolute Gasteiger partial charge is 0.387 e. The number of hydrogen-bond donors (Lipinski definition) is 2. The summed E-state index contributed by atoms with van der Waals surface area (Å²) in [4.78, 5) is 23.7. The first-order valence-electron chi connectivity index (χ1n) is 7.50. The van der Waals surface area contributed by atoms with Gasteiger partial charge in [0.05, 0.1) is 6.42 Å². The molecule has 1 saturated carbocycles. The molecule has 1 amide bonds. The number of carboxylic acids is 1. The third kappa shape index (κ3) is 4.40. The van der Waals surface area contributed by atoms with Crippen LogP contribution in [0.25, 0.3) is 0 Å². The van der Waals surface area contributed by atoms with Crippen LogP contribution in [0, 0.1) is 0 Å². The lowest BCUT2D eigenvalue weighted by Gasteiger charge is -2.34. The molecule has 0 aliphatic heterocycles. The minimum atomic E-state index is -2.98. The van der Waals surface area contributed by atoms with Crippen LogP contribution in [-0.4, -0.2) is 29.1 Å². The molecule has 7 heteroatoms. The van der Waals surface area contributed by atoms with Gasteiger partial charge in [0.2, 0.25) is 5.91 Å². The van der Waals surface area contributed by atoms with Crippen molar-refractivity contribution >= 4 is 11.9 Å². The number of rotatable bonds is 6. The molecule has 0 aromatic heterocycles. The summed E-state index contributed by atoms with van der Waals surface area (Å²) in [5, 5.41) is 12.0. The molecule has 0 saturated heterocycles. The van der Waals surface area contributed by atoms with Crippen LogP contribution >= 0.6 is 0 Å². The van der Waals surface area contributed by atoms with E-state index in [1.165, 1.54) is 18.2 Å². The predicted octanol–water partition coefficient (Wildman–Crippen LogP) is 2.73. The second-order valence-electron chi connectivity index (χ2n) is 5.66. The average molecular weight is 327 g/mol. The Labute approximate surface area is 132 Å². The third-order valence-corrected chi connectivity index (χ3v) is 4.03. The second-order valence-corrected chi connectivity index (χ2v) is 5.66. The zero-order valence-electron chi connectivity index (χ0n) is 12.6. The van der Waals surface area contributed by atoms with Gasteiger partial charge in [-0.15, -0.1) is 0 Å². The fourth-order valence-corrected chi connectivity index (χ4v) is 2.89. The van der Waals surface area contributed by atoms with Crippen molar-refractivity contribution in [1.29, 1.82) is 0 Å². The van der Waals surface area contributed by atoms with E-state index in [1.807, 2.05) is 0 Å². The maximum Gasteiger partial charge on any atom is 0.387 e. The number of para-hydroxylation sites is 1. The summed E-state index contributed by atoms with van der Waals surface area (Å²) in [6, 6.07) is 5.99. The Bertz CT molecular complexity index is 571. The second kappa shape index (κ2) is 7.39. The van der Waals surface area contributed by atoms with Crippen LogP contribution in [0.15, 0.2) is 24.3 Å². The van der Waals surface area contributed by atoms with E-state index in [1.54, 1.807) is 6.07 Å². The Balaban J connectivity index is 2.08. The van der Waals surface area contributed by atoms with Gasteiger partial charge in [-0.25, -0.2) is 4.79 Å². The van der Waals surface area contributed by atoms with Crippen LogP contribution < -0.4 is 10.1 Å². The number of carbonyl (C=O) groups is 2. The maximum absolute atomic E-state index is 12.4. The molecule has 0 atom stereocenters. The molecule has 0 unspecified atom stereocenters. The van der Waals surface area contributed by atoms with Crippen molar-refractivity contribution in [3.8, 4) is 5.75 Å². The van der Waals surface area contributed by atoms with Crippen molar-refractivity contribution in [1.82, 2.24) is 5.32 Å². The minimum absolute atomic E-state index is 0.0781. The summed E-state index contributed by atoms with van der Waals surface area (Å²) in [5.41, 5.74) is -0.963. The highest BCUT2D eigenvalue weighted by molar-refractivity contribution is 5.88. The molecule has 0 bridgehead atoms. The first kappa shape index (κ1) is 17.2. The van der Waals surface area contributed by atoms with Gasteiger partial charge in [0.25, 0.3) is 0 Å². The van der Waals surface area contributed by atoms with E-state index >= 15 is 0 Å². The Kier molecular flexibility index (Phi) is 5.52. The van der Waals surface area contributed by atoms with E-state index in [4.69, 9.17) is 0 Å². The molecular weight excluding hydrogens is 308 g/mol. The quantitative estimate of drug-likeness (QED) is 0.842. The van der Waals surface area contributed by atoms with E-state index in [0.717, 1.165) is 19.3 Å². The number of carbonyl (C=O) groups excluding carboxylic acids is 1. The third-order valence-electron chi connectivity index (χ3n) is 4.03. The molecule has 126 valence electrons. The molecule has 23 heavy (non-hydrogen) atoms. The van der Waals surface area contributed by atoms with Gasteiger partial charge in [0.1, 0.15) is 11.3 Å². The highest BCUT2D eigenvalue weighted by Crippen LogP contribution is 2.29. The molecule has 2 rings (SSSR count). The first-order valence-corrected chi connectivity index (χ1v) is 7.50. The Morgan fingerprint density at radius 3 is 2.48 bits per heavy atom. The molecular formula is C16H19F2NO4. The fourth-order valence-electron chi connectivity index (χ4n) is 2.89. The predicted molar refractivity (Wildman–Crippen MR) is 78.4 cm³/mol. The SMILES string of the molecule is O=C(Cc1ccccc1OC(F)F)NC1(C(=O)O)CCCCC1. The highest BCUT2D eigenvalue weighted by Gasteiger charge is 2.40. The molecule has 0 heterocycles. The molecule has 1 aliphatic carbocycles. The number of ether oxygens (including phenoxy) is 1. The summed E-state index contributed by atoms with van der Waals surface area (Å²) < 4.78 is 29.1. The van der Waals surface area contributed by atoms with Gasteiger partial charge in [-0.05, 0) is 18.9 Å². The van der Waals surface area contributed by atoms with Gasteiger partial charge in [-0.1, -0.05) is 37.5 Å². The average Bonchev–Trinajstić information content (AvgIpc) is 2.49. The lowest BCUT2D eigenvalue weighted by Crippen LogP contribution is -2.56. The minimum Gasteiger partial charge on any atom is -0.480 e. The van der Waals surface area contributed by atoms with Gasteiger partial charge < -0.3 is 15.2 Å². The summed E-state index contributed by atoms with van der Waals surface area (Å²) in [6.07, 6.45) is 2.95. The van der Waals surface area contributed by atoms with Crippen molar-refractivity contribution in [2.75, 3.05) is 0 Å². The van der Waals surface area contributed by atoms with Crippen LogP contribution in [0.2, 0.25) is 0 Å². The monoisotopic (exact) mass is 327 g/mol. The summed E-state index contributed by atoms with van der Waals surface area (Å²) in [7, 11) is 0. The van der Waals surface area contributed by atoms with Crippen molar-refractivity contribution in [2.45, 2.75) is 50.7 Å². The molecule has 0 radical (unpaired) electrons. The number of alkyl halides is 2. The lowest BCUT2D eigenvalue weighted by atomic mass is 9.81. The van der Waals surface area contributed by atoms with E-state index in [9.17, 15) is 23.5 Å². The van der Waals surface area contributed by atoms with Crippen molar-refractivity contribution < 1.29 is 28.2 Å². The van der Waals surface area contributed by atoms with Gasteiger partial charge in [0.15, 0.2) is 0 Å². The Hall–Kier alpha value is -2.18. The summed E-state index contributed by atoms with van der Waals surface area (Å²) in [6.45, 7) is -2.98. The zero-order valence-corrected chi connectivity index (χ0v) is 12.6. The normalized spacial score (nSPS) is 16.8. The maximum atomic E-state index is 12.4. The fraction of sp³-hybridized carbons (Fsp3) is 0.500.